The van der Waals surface area contributed by atoms with Gasteiger partial charge in [-0.3, -0.25) is 4.79 Å². The molecule has 2 aromatic rings. The molecule has 4 rings (SSSR count). The number of amides is 1. The molecule has 31 heavy (non-hydrogen) atoms. The molecule has 0 spiro atoms. The first-order valence-corrected chi connectivity index (χ1v) is 10.5. The number of benzene rings is 2. The molecule has 1 fully saturated rings. The molecular weight excluding hydrogens is 453 g/mol. The van der Waals surface area contributed by atoms with Crippen LogP contribution >= 0.6 is 23.2 Å². The summed E-state index contributed by atoms with van der Waals surface area (Å²) in [6.45, 7) is -0.332. The minimum absolute atomic E-state index is 0.0161. The van der Waals surface area contributed by atoms with Crippen LogP contribution in [0, 0.1) is 11.6 Å². The Balaban J connectivity index is 1.48. The third-order valence-electron chi connectivity index (χ3n) is 5.69. The number of rotatable bonds is 4. The molecule has 10 heteroatoms. The Hall–Kier alpha value is -2.13. The lowest BCUT2D eigenvalue weighted by molar-refractivity contribution is -0.116. The molecule has 2 aliphatic rings. The van der Waals surface area contributed by atoms with Gasteiger partial charge >= 0.3 is 0 Å². The second-order valence-corrected chi connectivity index (χ2v) is 8.61. The van der Waals surface area contributed by atoms with Gasteiger partial charge in [0.15, 0.2) is 11.6 Å². The molecule has 2 unspecified atom stereocenters. The lowest BCUT2D eigenvalue weighted by Gasteiger charge is -2.42. The Morgan fingerprint density at radius 1 is 1.23 bits per heavy atom. The molecule has 166 valence electrons. The fourth-order valence-electron chi connectivity index (χ4n) is 3.94. The smallest absolute Gasteiger partial charge is 0.224 e. The monoisotopic (exact) mass is 472 g/mol. The predicted molar refractivity (Wildman–Crippen MR) is 113 cm³/mol. The Morgan fingerprint density at radius 3 is 2.61 bits per heavy atom. The maximum absolute atomic E-state index is 14.2. The summed E-state index contributed by atoms with van der Waals surface area (Å²) in [5, 5.41) is 24.5. The van der Waals surface area contributed by atoms with Crippen LogP contribution < -0.4 is 15.0 Å². The normalized spacial score (nSPS) is 23.4. The van der Waals surface area contributed by atoms with Crippen LogP contribution in [0.3, 0.4) is 0 Å². The second-order valence-electron chi connectivity index (χ2n) is 7.77. The zero-order valence-electron chi connectivity index (χ0n) is 16.3. The quantitative estimate of drug-likeness (QED) is 0.633. The lowest BCUT2D eigenvalue weighted by Crippen LogP contribution is -2.58. The van der Waals surface area contributed by atoms with E-state index in [0.717, 1.165) is 12.1 Å². The van der Waals surface area contributed by atoms with Gasteiger partial charge in [-0.1, -0.05) is 23.2 Å². The number of hydrogen-bond acceptors (Lipinski definition) is 5. The van der Waals surface area contributed by atoms with Gasteiger partial charge in [-0.2, -0.15) is 0 Å². The Bertz CT molecular complexity index is 1020. The Labute approximate surface area is 187 Å². The standard InChI is InChI=1S/C21H20Cl2F2N2O4/c22-11-7-14(24)20(15(25)8-11)27-6-5-21(30,17(28)9-27)10-31-16-3-2-13(23)19-12(16)1-4-18(29)26-19/h2-3,7-8,17,28,30H,1,4-6,9-10H2,(H,26,29). The maximum atomic E-state index is 14.2. The van der Waals surface area contributed by atoms with E-state index < -0.39 is 23.3 Å². The largest absolute Gasteiger partial charge is 0.490 e. The van der Waals surface area contributed by atoms with Crippen molar-refractivity contribution in [1.82, 2.24) is 0 Å². The third kappa shape index (κ3) is 4.30. The van der Waals surface area contributed by atoms with Gasteiger partial charge in [-0.05, 0) is 37.1 Å². The summed E-state index contributed by atoms with van der Waals surface area (Å²) in [6, 6.07) is 5.22. The van der Waals surface area contributed by atoms with Crippen LogP contribution in [0.4, 0.5) is 20.2 Å². The fraction of sp³-hybridized carbons (Fsp3) is 0.381. The van der Waals surface area contributed by atoms with Gasteiger partial charge in [0.2, 0.25) is 5.91 Å². The van der Waals surface area contributed by atoms with Gasteiger partial charge in [-0.25, -0.2) is 8.78 Å². The van der Waals surface area contributed by atoms with E-state index in [2.05, 4.69) is 5.32 Å². The van der Waals surface area contributed by atoms with Crippen molar-refractivity contribution < 1.29 is 28.5 Å². The van der Waals surface area contributed by atoms with E-state index >= 15 is 0 Å². The summed E-state index contributed by atoms with van der Waals surface area (Å²) in [6.07, 6.45) is -0.592. The molecular formula is C21H20Cl2F2N2O4. The molecule has 0 bridgehead atoms. The molecule has 0 radical (unpaired) electrons. The number of fused-ring (bicyclic) bond motifs is 1. The highest BCUT2D eigenvalue weighted by Gasteiger charge is 2.43. The third-order valence-corrected chi connectivity index (χ3v) is 6.22. The molecule has 0 saturated carbocycles. The summed E-state index contributed by atoms with van der Waals surface area (Å²) in [5.74, 6) is -1.38. The molecule has 2 atom stereocenters. The molecule has 2 aromatic carbocycles. The Kier molecular flexibility index (Phi) is 6.00. The molecule has 0 aliphatic carbocycles. The molecule has 1 amide bonds. The van der Waals surface area contributed by atoms with Crippen molar-refractivity contribution in [3.63, 3.8) is 0 Å². The van der Waals surface area contributed by atoms with E-state index in [4.69, 9.17) is 27.9 Å². The fourth-order valence-corrected chi connectivity index (χ4v) is 4.35. The molecule has 1 saturated heterocycles. The highest BCUT2D eigenvalue weighted by atomic mass is 35.5. The number of hydrogen-bond donors (Lipinski definition) is 3. The second kappa shape index (κ2) is 8.43. The topological polar surface area (TPSA) is 82.0 Å². The molecule has 0 aromatic heterocycles. The molecule has 2 aliphatic heterocycles. The van der Waals surface area contributed by atoms with Crippen molar-refractivity contribution in [2.45, 2.75) is 31.0 Å². The van der Waals surface area contributed by atoms with Crippen LogP contribution in [0.5, 0.6) is 5.75 Å². The van der Waals surface area contributed by atoms with Gasteiger partial charge in [0.05, 0.1) is 10.7 Å². The Morgan fingerprint density at radius 2 is 1.94 bits per heavy atom. The van der Waals surface area contributed by atoms with Crippen LogP contribution in [0.15, 0.2) is 24.3 Å². The van der Waals surface area contributed by atoms with Crippen molar-refractivity contribution >= 4 is 40.5 Å². The number of nitrogens with zero attached hydrogens (tertiary/aromatic N) is 1. The highest BCUT2D eigenvalue weighted by molar-refractivity contribution is 6.34. The van der Waals surface area contributed by atoms with Gasteiger partial charge in [0.1, 0.15) is 29.7 Å². The zero-order valence-corrected chi connectivity index (χ0v) is 17.8. The number of nitrogens with one attached hydrogen (secondary N) is 1. The van der Waals surface area contributed by atoms with Crippen LogP contribution in [0.1, 0.15) is 18.4 Å². The van der Waals surface area contributed by atoms with Gasteiger partial charge in [0.25, 0.3) is 0 Å². The first-order valence-electron chi connectivity index (χ1n) is 9.72. The molecule has 6 nitrogen and oxygen atoms in total. The number of aliphatic hydroxyl groups is 2. The minimum Gasteiger partial charge on any atom is -0.490 e. The van der Waals surface area contributed by atoms with Crippen LogP contribution in [0.25, 0.3) is 0 Å². The number of ether oxygens (including phenoxy) is 1. The average molecular weight is 473 g/mol. The number of halogens is 4. The van der Waals surface area contributed by atoms with E-state index in [9.17, 15) is 23.8 Å². The molecule has 2 heterocycles. The lowest BCUT2D eigenvalue weighted by atomic mass is 9.89. The van der Waals surface area contributed by atoms with Gasteiger partial charge < -0.3 is 25.2 Å². The van der Waals surface area contributed by atoms with Crippen molar-refractivity contribution in [1.29, 1.82) is 0 Å². The average Bonchev–Trinajstić information content (AvgIpc) is 2.70. The number of aliphatic hydroxyl groups excluding tert-OH is 1. The SMILES string of the molecule is O=C1CCc2c(OCC3(O)CCN(c4c(F)cc(Cl)cc4F)CC3O)ccc(Cl)c2N1. The van der Waals surface area contributed by atoms with Crippen molar-refractivity contribution in [2.75, 3.05) is 29.9 Å². The number of anilines is 2. The zero-order chi connectivity index (χ0) is 22.3. The maximum Gasteiger partial charge on any atom is 0.224 e. The predicted octanol–water partition coefficient (Wildman–Crippen LogP) is 3.54. The van der Waals surface area contributed by atoms with Crippen molar-refractivity contribution in [2.24, 2.45) is 0 Å². The van der Waals surface area contributed by atoms with E-state index in [-0.39, 0.29) is 49.2 Å². The van der Waals surface area contributed by atoms with E-state index in [1.54, 1.807) is 12.1 Å². The summed E-state index contributed by atoms with van der Waals surface area (Å²) in [4.78, 5) is 13.0. The first kappa shape index (κ1) is 22.1. The van der Waals surface area contributed by atoms with E-state index in [1.807, 2.05) is 0 Å². The number of carbonyl (C=O) groups is 1. The van der Waals surface area contributed by atoms with E-state index in [0.29, 0.717) is 28.4 Å². The molecule has 3 N–H and O–H groups in total. The van der Waals surface area contributed by atoms with Crippen LogP contribution in [-0.2, 0) is 11.2 Å². The van der Waals surface area contributed by atoms with E-state index in [1.165, 1.54) is 4.90 Å². The van der Waals surface area contributed by atoms with Gasteiger partial charge in [0, 0.05) is 30.1 Å². The first-order chi connectivity index (χ1) is 14.7. The summed E-state index contributed by atoms with van der Waals surface area (Å²) < 4.78 is 34.3. The van der Waals surface area contributed by atoms with Crippen molar-refractivity contribution in [3.05, 3.63) is 51.5 Å². The number of carbonyl (C=O) groups excluding carboxylic acids is 1. The minimum atomic E-state index is -1.62. The van der Waals surface area contributed by atoms with Crippen LogP contribution in [0.2, 0.25) is 10.0 Å². The highest BCUT2D eigenvalue weighted by Crippen LogP contribution is 2.38. The van der Waals surface area contributed by atoms with Gasteiger partial charge in [-0.15, -0.1) is 0 Å². The summed E-state index contributed by atoms with van der Waals surface area (Å²) >= 11 is 11.8. The van der Waals surface area contributed by atoms with Crippen LogP contribution in [-0.4, -0.2) is 47.5 Å². The number of β-amino-alcohol motifs (C(OH)–C–C–N with tert-alkyl or cyclic N) is 1. The summed E-state index contributed by atoms with van der Waals surface area (Å²) in [7, 11) is 0. The summed E-state index contributed by atoms with van der Waals surface area (Å²) in [5.41, 5.74) is -0.728. The van der Waals surface area contributed by atoms with Crippen molar-refractivity contribution in [3.8, 4) is 5.75 Å². The number of piperidine rings is 1.